The Balaban J connectivity index is 1.40. The highest BCUT2D eigenvalue weighted by atomic mass is 79.9. The number of nitrogens with zero attached hydrogens (tertiary/aromatic N) is 3. The molecule has 2 heterocycles. The molecule has 0 spiro atoms. The molecule has 1 aliphatic heterocycles. The molecule has 158 valence electrons. The molecule has 1 aliphatic rings. The Kier molecular flexibility index (Phi) is 6.45. The normalized spacial score (nSPS) is 15.5. The zero-order valence-electron chi connectivity index (χ0n) is 15.8. The summed E-state index contributed by atoms with van der Waals surface area (Å²) >= 11 is 10.7. The Morgan fingerprint density at radius 3 is 2.60 bits per heavy atom. The van der Waals surface area contributed by atoms with Crippen molar-refractivity contribution in [2.45, 2.75) is 11.3 Å². The van der Waals surface area contributed by atoms with Gasteiger partial charge in [-0.05, 0) is 35.9 Å². The Morgan fingerprint density at radius 1 is 1.13 bits per heavy atom. The molecule has 0 amide bonds. The lowest BCUT2D eigenvalue weighted by atomic mass is 10.1. The van der Waals surface area contributed by atoms with Gasteiger partial charge in [0.1, 0.15) is 5.82 Å². The van der Waals surface area contributed by atoms with Crippen LogP contribution in [0, 0.1) is 5.82 Å². The van der Waals surface area contributed by atoms with Crippen LogP contribution in [0.5, 0.6) is 0 Å². The molecule has 5 nitrogen and oxygen atoms in total. The minimum absolute atomic E-state index is 0.103. The van der Waals surface area contributed by atoms with Crippen LogP contribution in [0.4, 0.5) is 9.52 Å². The van der Waals surface area contributed by atoms with Crippen LogP contribution in [0.2, 0.25) is 5.02 Å². The number of halogens is 3. The van der Waals surface area contributed by atoms with Crippen molar-refractivity contribution < 1.29 is 12.8 Å². The van der Waals surface area contributed by atoms with Crippen molar-refractivity contribution in [3.63, 3.8) is 0 Å². The number of hydrogen-bond acceptors (Lipinski definition) is 5. The highest BCUT2D eigenvalue weighted by Gasteiger charge is 2.29. The van der Waals surface area contributed by atoms with Crippen LogP contribution in [-0.4, -0.2) is 43.9 Å². The molecule has 0 unspecified atom stereocenters. The molecular weight excluding hydrogens is 513 g/mol. The molecule has 10 heteroatoms. The number of anilines is 1. The van der Waals surface area contributed by atoms with E-state index in [1.165, 1.54) is 21.7 Å². The van der Waals surface area contributed by atoms with E-state index in [1.807, 2.05) is 5.38 Å². The van der Waals surface area contributed by atoms with Crippen LogP contribution in [-0.2, 0) is 16.4 Å². The Bertz CT molecular complexity index is 1160. The third kappa shape index (κ3) is 4.70. The van der Waals surface area contributed by atoms with E-state index in [2.05, 4.69) is 25.8 Å². The van der Waals surface area contributed by atoms with Gasteiger partial charge < -0.3 is 4.90 Å². The second-order valence-corrected chi connectivity index (χ2v) is 11.0. The van der Waals surface area contributed by atoms with Gasteiger partial charge in [0.15, 0.2) is 5.13 Å². The van der Waals surface area contributed by atoms with E-state index in [-0.39, 0.29) is 5.02 Å². The minimum Gasteiger partial charge on any atom is -0.345 e. The number of benzene rings is 2. The quantitative estimate of drug-likeness (QED) is 0.476. The number of hydrogen-bond donors (Lipinski definition) is 0. The van der Waals surface area contributed by atoms with Gasteiger partial charge in [-0.25, -0.2) is 17.8 Å². The van der Waals surface area contributed by atoms with Crippen molar-refractivity contribution in [1.29, 1.82) is 0 Å². The fourth-order valence-corrected chi connectivity index (χ4v) is 6.38. The van der Waals surface area contributed by atoms with Crippen LogP contribution in [0.15, 0.2) is 57.2 Å². The maximum absolute atomic E-state index is 13.3. The maximum atomic E-state index is 13.3. The van der Waals surface area contributed by atoms with Gasteiger partial charge in [-0.1, -0.05) is 39.7 Å². The van der Waals surface area contributed by atoms with E-state index in [0.29, 0.717) is 37.5 Å². The van der Waals surface area contributed by atoms with Gasteiger partial charge in [0.2, 0.25) is 10.0 Å². The van der Waals surface area contributed by atoms with Gasteiger partial charge in [-0.2, -0.15) is 4.31 Å². The third-order valence-corrected chi connectivity index (χ3v) is 8.48. The molecule has 2 aromatic carbocycles. The van der Waals surface area contributed by atoms with E-state index in [1.54, 1.807) is 36.4 Å². The predicted molar refractivity (Wildman–Crippen MR) is 121 cm³/mol. The maximum Gasteiger partial charge on any atom is 0.243 e. The molecule has 0 N–H and O–H groups in total. The Labute approximate surface area is 192 Å². The highest BCUT2D eigenvalue weighted by Crippen LogP contribution is 2.26. The van der Waals surface area contributed by atoms with E-state index >= 15 is 0 Å². The van der Waals surface area contributed by atoms with Crippen molar-refractivity contribution >= 4 is 54.0 Å². The standard InChI is InChI=1S/C20H18BrClFN3O2S2/c21-15-2-1-3-17(12-15)30(27,28)26-8-6-25(7-9-26)20-24-16(13-29-20)10-14-4-5-19(23)18(22)11-14/h1-5,11-13H,6-10H2. The van der Waals surface area contributed by atoms with Gasteiger partial charge in [-0.15, -0.1) is 11.3 Å². The van der Waals surface area contributed by atoms with E-state index in [9.17, 15) is 12.8 Å². The summed E-state index contributed by atoms with van der Waals surface area (Å²) in [7, 11) is -3.52. The lowest BCUT2D eigenvalue weighted by Gasteiger charge is -2.33. The SMILES string of the molecule is O=S(=O)(c1cccc(Br)c1)N1CCN(c2nc(Cc3ccc(F)c(Cl)c3)cs2)CC1. The molecule has 0 atom stereocenters. The molecule has 4 rings (SSSR count). The van der Waals surface area contributed by atoms with Crippen molar-refractivity contribution in [3.8, 4) is 0 Å². The Hall–Kier alpha value is -1.52. The zero-order valence-corrected chi connectivity index (χ0v) is 19.7. The van der Waals surface area contributed by atoms with Crippen LogP contribution in [0.3, 0.4) is 0 Å². The van der Waals surface area contributed by atoms with Crippen molar-refractivity contribution in [1.82, 2.24) is 9.29 Å². The van der Waals surface area contributed by atoms with Gasteiger partial charge in [-0.3, -0.25) is 0 Å². The number of aromatic nitrogens is 1. The van der Waals surface area contributed by atoms with E-state index in [0.717, 1.165) is 20.9 Å². The first-order valence-corrected chi connectivity index (χ1v) is 12.7. The summed E-state index contributed by atoms with van der Waals surface area (Å²) in [4.78, 5) is 7.06. The molecule has 0 aliphatic carbocycles. The molecular formula is C20H18BrClFN3O2S2. The molecule has 1 saturated heterocycles. The third-order valence-electron chi connectivity index (χ3n) is 4.85. The lowest BCUT2D eigenvalue weighted by molar-refractivity contribution is 0.384. The lowest BCUT2D eigenvalue weighted by Crippen LogP contribution is -2.48. The topological polar surface area (TPSA) is 53.5 Å². The van der Waals surface area contributed by atoms with Crippen LogP contribution in [0.1, 0.15) is 11.3 Å². The second-order valence-electron chi connectivity index (χ2n) is 6.90. The first kappa shape index (κ1) is 21.7. The van der Waals surface area contributed by atoms with Crippen LogP contribution < -0.4 is 4.90 Å². The summed E-state index contributed by atoms with van der Waals surface area (Å²) in [6.07, 6.45) is 0.563. The van der Waals surface area contributed by atoms with Gasteiger partial charge in [0.05, 0.1) is 15.6 Å². The highest BCUT2D eigenvalue weighted by molar-refractivity contribution is 9.10. The fraction of sp³-hybridized carbons (Fsp3) is 0.250. The van der Waals surface area contributed by atoms with Crippen molar-refractivity contribution in [3.05, 3.63) is 74.4 Å². The van der Waals surface area contributed by atoms with Gasteiger partial charge in [0, 0.05) is 42.5 Å². The smallest absolute Gasteiger partial charge is 0.243 e. The summed E-state index contributed by atoms with van der Waals surface area (Å²) < 4.78 is 41.3. The van der Waals surface area contributed by atoms with Crippen LogP contribution in [0.25, 0.3) is 0 Å². The predicted octanol–water partition coefficient (Wildman–Crippen LogP) is 4.80. The first-order chi connectivity index (χ1) is 14.3. The Morgan fingerprint density at radius 2 is 1.90 bits per heavy atom. The molecule has 1 fully saturated rings. The molecule has 0 bridgehead atoms. The van der Waals surface area contributed by atoms with Gasteiger partial charge in [0.25, 0.3) is 0 Å². The van der Waals surface area contributed by atoms with Crippen molar-refractivity contribution in [2.75, 3.05) is 31.1 Å². The van der Waals surface area contributed by atoms with E-state index < -0.39 is 15.8 Å². The van der Waals surface area contributed by atoms with Gasteiger partial charge >= 0.3 is 0 Å². The number of sulfonamides is 1. The summed E-state index contributed by atoms with van der Waals surface area (Å²) in [5.41, 5.74) is 1.77. The van der Waals surface area contributed by atoms with E-state index in [4.69, 9.17) is 11.6 Å². The summed E-state index contributed by atoms with van der Waals surface area (Å²) in [6.45, 7) is 1.94. The zero-order chi connectivity index (χ0) is 21.3. The monoisotopic (exact) mass is 529 g/mol. The minimum atomic E-state index is -3.52. The summed E-state index contributed by atoms with van der Waals surface area (Å²) in [5.74, 6) is -0.435. The average molecular weight is 531 g/mol. The first-order valence-electron chi connectivity index (χ1n) is 9.22. The largest absolute Gasteiger partial charge is 0.345 e. The average Bonchev–Trinajstić information content (AvgIpc) is 3.19. The molecule has 30 heavy (non-hydrogen) atoms. The number of thiazole rings is 1. The fourth-order valence-electron chi connectivity index (χ4n) is 3.28. The number of rotatable bonds is 5. The molecule has 0 radical (unpaired) electrons. The number of piperazine rings is 1. The molecule has 0 saturated carbocycles. The summed E-state index contributed by atoms with van der Waals surface area (Å²) in [6, 6.07) is 11.4. The van der Waals surface area contributed by atoms with Crippen molar-refractivity contribution in [2.24, 2.45) is 0 Å². The second kappa shape index (κ2) is 8.92. The van der Waals surface area contributed by atoms with Crippen LogP contribution >= 0.6 is 38.9 Å². The molecule has 3 aromatic rings. The summed E-state index contributed by atoms with van der Waals surface area (Å²) in [5, 5.41) is 2.93. The molecule has 1 aromatic heterocycles.